The molecule has 1 heterocycles. The Kier molecular flexibility index (Phi) is 3.27. The van der Waals surface area contributed by atoms with E-state index in [0.717, 1.165) is 0 Å². The van der Waals surface area contributed by atoms with Crippen molar-refractivity contribution in [1.29, 1.82) is 0 Å². The van der Waals surface area contributed by atoms with Gasteiger partial charge in [-0.25, -0.2) is 4.39 Å². The number of anilines is 2. The highest BCUT2D eigenvalue weighted by Gasteiger charge is 2.15. The number of amides is 1. The van der Waals surface area contributed by atoms with Gasteiger partial charge in [0, 0.05) is 20.2 Å². The summed E-state index contributed by atoms with van der Waals surface area (Å²) in [6, 6.07) is 6.01. The van der Waals surface area contributed by atoms with Crippen molar-refractivity contribution in [1.82, 2.24) is 9.78 Å². The Morgan fingerprint density at radius 3 is 2.78 bits per heavy atom. The predicted octanol–water partition coefficient (Wildman–Crippen LogP) is 1.85. The second kappa shape index (κ2) is 4.87. The quantitative estimate of drug-likeness (QED) is 0.871. The van der Waals surface area contributed by atoms with Crippen LogP contribution >= 0.6 is 0 Å². The SMILES string of the molecule is CNc1c(F)cccc1C(=O)Nc1ccnn1C. The fourth-order valence-corrected chi connectivity index (χ4v) is 1.65. The molecule has 1 amide bonds. The number of halogens is 1. The number of nitrogens with one attached hydrogen (secondary N) is 2. The molecule has 0 saturated heterocycles. The molecule has 0 radical (unpaired) electrons. The average Bonchev–Trinajstić information content (AvgIpc) is 2.74. The number of hydrogen-bond donors (Lipinski definition) is 2. The number of carbonyl (C=O) groups excluding carboxylic acids is 1. The van der Waals surface area contributed by atoms with Crippen LogP contribution in [0.5, 0.6) is 0 Å². The Morgan fingerprint density at radius 1 is 1.39 bits per heavy atom. The van der Waals surface area contributed by atoms with Gasteiger partial charge in [-0.1, -0.05) is 6.07 Å². The number of para-hydroxylation sites is 1. The van der Waals surface area contributed by atoms with Gasteiger partial charge in [-0.05, 0) is 12.1 Å². The molecule has 0 atom stereocenters. The Balaban J connectivity index is 2.30. The Morgan fingerprint density at radius 2 is 2.17 bits per heavy atom. The minimum Gasteiger partial charge on any atom is -0.385 e. The molecule has 0 bridgehead atoms. The first-order chi connectivity index (χ1) is 8.63. The van der Waals surface area contributed by atoms with Gasteiger partial charge >= 0.3 is 0 Å². The summed E-state index contributed by atoms with van der Waals surface area (Å²) >= 11 is 0. The molecular weight excluding hydrogens is 235 g/mol. The standard InChI is InChI=1S/C12H13FN4O/c1-14-11-8(4-3-5-9(11)13)12(18)16-10-6-7-15-17(10)2/h3-7,14H,1-2H3,(H,16,18). The first-order valence-electron chi connectivity index (χ1n) is 5.39. The van der Waals surface area contributed by atoms with Crippen LogP contribution in [0, 0.1) is 5.82 Å². The molecule has 0 saturated carbocycles. The van der Waals surface area contributed by atoms with Gasteiger partial charge in [-0.3, -0.25) is 9.48 Å². The molecule has 0 aliphatic heterocycles. The molecule has 2 N–H and O–H groups in total. The zero-order valence-corrected chi connectivity index (χ0v) is 10.1. The van der Waals surface area contributed by atoms with E-state index >= 15 is 0 Å². The largest absolute Gasteiger partial charge is 0.385 e. The van der Waals surface area contributed by atoms with Crippen molar-refractivity contribution in [3.63, 3.8) is 0 Å². The maximum Gasteiger partial charge on any atom is 0.259 e. The van der Waals surface area contributed by atoms with E-state index in [4.69, 9.17) is 0 Å². The molecule has 1 aromatic heterocycles. The highest BCUT2D eigenvalue weighted by Crippen LogP contribution is 2.20. The van der Waals surface area contributed by atoms with Gasteiger partial charge in [-0.15, -0.1) is 0 Å². The Labute approximate surface area is 104 Å². The number of aromatic nitrogens is 2. The van der Waals surface area contributed by atoms with Gasteiger partial charge in [0.25, 0.3) is 5.91 Å². The molecular formula is C12H13FN4O. The topological polar surface area (TPSA) is 59.0 Å². The lowest BCUT2D eigenvalue weighted by Crippen LogP contribution is -2.16. The summed E-state index contributed by atoms with van der Waals surface area (Å²) in [4.78, 5) is 12.0. The molecule has 1 aromatic carbocycles. The van der Waals surface area contributed by atoms with E-state index in [0.29, 0.717) is 5.82 Å². The lowest BCUT2D eigenvalue weighted by Gasteiger charge is -2.10. The third-order valence-electron chi connectivity index (χ3n) is 2.57. The maximum absolute atomic E-state index is 13.5. The van der Waals surface area contributed by atoms with Crippen LogP contribution in [0.4, 0.5) is 15.9 Å². The number of carbonyl (C=O) groups is 1. The number of hydrogen-bond acceptors (Lipinski definition) is 3. The first-order valence-corrected chi connectivity index (χ1v) is 5.39. The van der Waals surface area contributed by atoms with E-state index in [2.05, 4.69) is 15.7 Å². The highest BCUT2D eigenvalue weighted by molar-refractivity contribution is 6.07. The minimum absolute atomic E-state index is 0.178. The zero-order valence-electron chi connectivity index (χ0n) is 10.1. The fourth-order valence-electron chi connectivity index (χ4n) is 1.65. The van der Waals surface area contributed by atoms with E-state index in [-0.39, 0.29) is 17.2 Å². The molecule has 5 nitrogen and oxygen atoms in total. The van der Waals surface area contributed by atoms with E-state index in [1.165, 1.54) is 16.8 Å². The monoisotopic (exact) mass is 248 g/mol. The van der Waals surface area contributed by atoms with E-state index in [9.17, 15) is 9.18 Å². The minimum atomic E-state index is -0.463. The van der Waals surface area contributed by atoms with Crippen molar-refractivity contribution >= 4 is 17.4 Å². The van der Waals surface area contributed by atoms with Gasteiger partial charge < -0.3 is 10.6 Å². The third-order valence-corrected chi connectivity index (χ3v) is 2.57. The third kappa shape index (κ3) is 2.17. The Bertz CT molecular complexity index is 579. The van der Waals surface area contributed by atoms with E-state index in [1.54, 1.807) is 32.4 Å². The van der Waals surface area contributed by atoms with E-state index < -0.39 is 5.82 Å². The van der Waals surface area contributed by atoms with Gasteiger partial charge in [0.2, 0.25) is 0 Å². The summed E-state index contributed by atoms with van der Waals surface area (Å²) < 4.78 is 15.0. The Hall–Kier alpha value is -2.37. The molecule has 0 unspecified atom stereocenters. The molecule has 2 aromatic rings. The first kappa shape index (κ1) is 12.1. The second-order valence-electron chi connectivity index (χ2n) is 3.71. The van der Waals surface area contributed by atoms with Crippen molar-refractivity contribution in [2.24, 2.45) is 7.05 Å². The van der Waals surface area contributed by atoms with Crippen molar-refractivity contribution in [3.8, 4) is 0 Å². The molecule has 0 aliphatic rings. The van der Waals surface area contributed by atoms with Crippen LogP contribution in [0.15, 0.2) is 30.5 Å². The average molecular weight is 248 g/mol. The molecule has 0 aliphatic carbocycles. The van der Waals surface area contributed by atoms with E-state index in [1.807, 2.05) is 0 Å². The smallest absolute Gasteiger partial charge is 0.259 e. The molecule has 94 valence electrons. The van der Waals surface area contributed by atoms with Crippen LogP contribution < -0.4 is 10.6 Å². The van der Waals surface area contributed by atoms with Crippen molar-refractivity contribution in [2.75, 3.05) is 17.7 Å². The predicted molar refractivity (Wildman–Crippen MR) is 67.1 cm³/mol. The van der Waals surface area contributed by atoms with Crippen molar-refractivity contribution in [3.05, 3.63) is 41.8 Å². The van der Waals surface area contributed by atoms with Crippen LogP contribution in [-0.4, -0.2) is 22.7 Å². The molecule has 2 rings (SSSR count). The molecule has 18 heavy (non-hydrogen) atoms. The van der Waals surface area contributed by atoms with Crippen molar-refractivity contribution < 1.29 is 9.18 Å². The maximum atomic E-state index is 13.5. The fraction of sp³-hybridized carbons (Fsp3) is 0.167. The zero-order chi connectivity index (χ0) is 13.1. The second-order valence-corrected chi connectivity index (χ2v) is 3.71. The van der Waals surface area contributed by atoms with Gasteiger partial charge in [-0.2, -0.15) is 5.10 Å². The van der Waals surface area contributed by atoms with Crippen LogP contribution in [-0.2, 0) is 7.05 Å². The summed E-state index contributed by atoms with van der Waals surface area (Å²) in [6.45, 7) is 0. The number of benzene rings is 1. The van der Waals surface area contributed by atoms with Crippen LogP contribution in [0.3, 0.4) is 0 Å². The lowest BCUT2D eigenvalue weighted by molar-refractivity contribution is 0.102. The number of aryl methyl sites for hydroxylation is 1. The normalized spacial score (nSPS) is 10.2. The summed E-state index contributed by atoms with van der Waals surface area (Å²) in [5.41, 5.74) is 0.427. The summed E-state index contributed by atoms with van der Waals surface area (Å²) in [6.07, 6.45) is 1.57. The van der Waals surface area contributed by atoms with Crippen LogP contribution in [0.1, 0.15) is 10.4 Å². The summed E-state index contributed by atoms with van der Waals surface area (Å²) in [5, 5.41) is 9.28. The van der Waals surface area contributed by atoms with Crippen LogP contribution in [0.25, 0.3) is 0 Å². The summed E-state index contributed by atoms with van der Waals surface area (Å²) in [7, 11) is 3.28. The highest BCUT2D eigenvalue weighted by atomic mass is 19.1. The summed E-state index contributed by atoms with van der Waals surface area (Å²) in [5.74, 6) is -0.302. The van der Waals surface area contributed by atoms with Gasteiger partial charge in [0.15, 0.2) is 0 Å². The van der Waals surface area contributed by atoms with Gasteiger partial charge in [0.1, 0.15) is 11.6 Å². The number of nitrogens with zero attached hydrogens (tertiary/aromatic N) is 2. The molecule has 6 heteroatoms. The van der Waals surface area contributed by atoms with Gasteiger partial charge in [0.05, 0.1) is 17.4 Å². The molecule has 0 spiro atoms. The lowest BCUT2D eigenvalue weighted by atomic mass is 10.1. The number of rotatable bonds is 3. The van der Waals surface area contributed by atoms with Crippen LogP contribution in [0.2, 0.25) is 0 Å². The molecule has 0 fully saturated rings. The van der Waals surface area contributed by atoms with Crippen molar-refractivity contribution in [2.45, 2.75) is 0 Å².